The molecule has 0 heterocycles. The van der Waals surface area contributed by atoms with Gasteiger partial charge in [0.2, 0.25) is 0 Å². The maximum Gasteiger partial charge on any atom is 0.261 e. The van der Waals surface area contributed by atoms with Crippen LogP contribution >= 0.6 is 23.2 Å². The summed E-state index contributed by atoms with van der Waals surface area (Å²) in [7, 11) is 0. The van der Waals surface area contributed by atoms with E-state index >= 15 is 0 Å². The third-order valence-electron chi connectivity index (χ3n) is 3.26. The number of nitrogens with one attached hydrogen (secondary N) is 1. The number of halogens is 2. The molecule has 25 heavy (non-hydrogen) atoms. The van der Waals surface area contributed by atoms with Gasteiger partial charge < -0.3 is 10.1 Å². The molecule has 6 heteroatoms. The molecular formula is C19H16Cl2N2O2. The van der Waals surface area contributed by atoms with Gasteiger partial charge in [-0.25, -0.2) is 0 Å². The number of amides is 1. The minimum absolute atomic E-state index is 0.0169. The topological polar surface area (TPSA) is 62.1 Å². The molecule has 0 saturated carbocycles. The second kappa shape index (κ2) is 9.12. The molecule has 0 aliphatic heterocycles. The molecule has 0 saturated heterocycles. The lowest BCUT2D eigenvalue weighted by Gasteiger charge is -2.11. The molecule has 2 aromatic rings. The van der Waals surface area contributed by atoms with Gasteiger partial charge in [-0.05, 0) is 48.9 Å². The van der Waals surface area contributed by atoms with Gasteiger partial charge in [0.15, 0.2) is 0 Å². The zero-order valence-electron chi connectivity index (χ0n) is 13.6. The van der Waals surface area contributed by atoms with E-state index in [-0.39, 0.29) is 5.57 Å². The highest BCUT2D eigenvalue weighted by Crippen LogP contribution is 2.26. The molecule has 0 aromatic heterocycles. The van der Waals surface area contributed by atoms with Crippen LogP contribution < -0.4 is 10.1 Å². The number of nitrogens with zero attached hydrogens (tertiary/aromatic N) is 1. The molecule has 0 aliphatic rings. The molecule has 128 valence electrons. The summed E-state index contributed by atoms with van der Waals surface area (Å²) >= 11 is 12.0. The largest absolute Gasteiger partial charge is 0.488 e. The molecule has 1 amide bonds. The number of carbonyl (C=O) groups excluding carboxylic acids is 1. The third-order valence-corrected chi connectivity index (χ3v) is 3.73. The summed E-state index contributed by atoms with van der Waals surface area (Å²) in [5.41, 5.74) is 1.44. The third kappa shape index (κ3) is 5.53. The lowest BCUT2D eigenvalue weighted by Crippen LogP contribution is -2.23. The Morgan fingerprint density at radius 3 is 2.68 bits per heavy atom. The van der Waals surface area contributed by atoms with Crippen LogP contribution in [0.3, 0.4) is 0 Å². The van der Waals surface area contributed by atoms with Gasteiger partial charge in [-0.15, -0.1) is 0 Å². The summed E-state index contributed by atoms with van der Waals surface area (Å²) in [6.45, 7) is 2.52. The van der Waals surface area contributed by atoms with Crippen LogP contribution in [0.15, 0.2) is 48.0 Å². The van der Waals surface area contributed by atoms with Crippen LogP contribution in [0.25, 0.3) is 6.08 Å². The maximum atomic E-state index is 11.9. The molecule has 0 unspecified atom stereocenters. The summed E-state index contributed by atoms with van der Waals surface area (Å²) < 4.78 is 5.82. The van der Waals surface area contributed by atoms with Crippen molar-refractivity contribution in [3.8, 4) is 11.8 Å². The predicted molar refractivity (Wildman–Crippen MR) is 99.5 cm³/mol. The molecule has 1 N–H and O–H groups in total. The Bertz CT molecular complexity index is 842. The van der Waals surface area contributed by atoms with Crippen LogP contribution in [-0.4, -0.2) is 12.5 Å². The SMILES string of the molecule is CCNC(=O)/C(C#N)=C/c1cc(Cl)ccc1OCc1cccc(Cl)c1. The minimum atomic E-state index is -0.439. The van der Waals surface area contributed by atoms with Gasteiger partial charge in [0, 0.05) is 22.2 Å². The standard InChI is InChI=1S/C19H16Cl2N2O2/c1-2-23-19(24)15(11-22)9-14-10-17(21)6-7-18(14)25-12-13-4-3-5-16(20)8-13/h3-10H,2,12H2,1H3,(H,23,24)/b15-9+. The first-order chi connectivity index (χ1) is 12.0. The van der Waals surface area contributed by atoms with E-state index in [0.29, 0.717) is 34.5 Å². The average Bonchev–Trinajstić information content (AvgIpc) is 2.59. The van der Waals surface area contributed by atoms with Crippen molar-refractivity contribution in [3.05, 3.63) is 69.2 Å². The molecule has 2 aromatic carbocycles. The van der Waals surface area contributed by atoms with Gasteiger partial charge >= 0.3 is 0 Å². The highest BCUT2D eigenvalue weighted by Gasteiger charge is 2.11. The number of rotatable bonds is 6. The maximum absolute atomic E-state index is 11.9. The number of hydrogen-bond acceptors (Lipinski definition) is 3. The number of likely N-dealkylation sites (N-methyl/N-ethyl adjacent to an activating group) is 1. The van der Waals surface area contributed by atoms with Crippen LogP contribution in [0.5, 0.6) is 5.75 Å². The fourth-order valence-electron chi connectivity index (χ4n) is 2.11. The Kier molecular flexibility index (Phi) is 6.88. The zero-order chi connectivity index (χ0) is 18.2. The van der Waals surface area contributed by atoms with Crippen LogP contribution in [0, 0.1) is 11.3 Å². The van der Waals surface area contributed by atoms with E-state index < -0.39 is 5.91 Å². The first kappa shape index (κ1) is 18.9. The van der Waals surface area contributed by atoms with Crippen molar-refractivity contribution in [1.29, 1.82) is 5.26 Å². The van der Waals surface area contributed by atoms with Gasteiger partial charge in [-0.2, -0.15) is 5.26 Å². The van der Waals surface area contributed by atoms with Crippen LogP contribution in [-0.2, 0) is 11.4 Å². The van der Waals surface area contributed by atoms with E-state index in [4.69, 9.17) is 27.9 Å². The van der Waals surface area contributed by atoms with Crippen molar-refractivity contribution < 1.29 is 9.53 Å². The molecule has 2 rings (SSSR count). The van der Waals surface area contributed by atoms with Crippen molar-refractivity contribution in [3.63, 3.8) is 0 Å². The number of carbonyl (C=O) groups is 1. The quantitative estimate of drug-likeness (QED) is 0.592. The van der Waals surface area contributed by atoms with Crippen LogP contribution in [0.2, 0.25) is 10.0 Å². The first-order valence-corrected chi connectivity index (χ1v) is 8.36. The van der Waals surface area contributed by atoms with Crippen molar-refractivity contribution in [2.24, 2.45) is 0 Å². The summed E-state index contributed by atoms with van der Waals surface area (Å²) in [5, 5.41) is 12.9. The van der Waals surface area contributed by atoms with Gasteiger partial charge in [0.05, 0.1) is 0 Å². The molecule has 0 atom stereocenters. The smallest absolute Gasteiger partial charge is 0.261 e. The van der Waals surface area contributed by atoms with Crippen molar-refractivity contribution in [1.82, 2.24) is 5.32 Å². The van der Waals surface area contributed by atoms with Crippen LogP contribution in [0.1, 0.15) is 18.1 Å². The van der Waals surface area contributed by atoms with E-state index in [1.807, 2.05) is 24.3 Å². The van der Waals surface area contributed by atoms with Crippen molar-refractivity contribution >= 4 is 35.2 Å². The molecule has 0 spiro atoms. The van der Waals surface area contributed by atoms with Crippen molar-refractivity contribution in [2.45, 2.75) is 13.5 Å². The Balaban J connectivity index is 2.27. The first-order valence-electron chi connectivity index (χ1n) is 7.60. The lowest BCUT2D eigenvalue weighted by atomic mass is 10.1. The molecule has 0 bridgehead atoms. The Hall–Kier alpha value is -2.48. The average molecular weight is 375 g/mol. The molecule has 4 nitrogen and oxygen atoms in total. The summed E-state index contributed by atoms with van der Waals surface area (Å²) in [6, 6.07) is 14.3. The number of benzene rings is 2. The van der Waals surface area contributed by atoms with E-state index in [9.17, 15) is 10.1 Å². The zero-order valence-corrected chi connectivity index (χ0v) is 15.1. The molecular weight excluding hydrogens is 359 g/mol. The second-order valence-corrected chi connectivity index (χ2v) is 6.00. The lowest BCUT2D eigenvalue weighted by molar-refractivity contribution is -0.116. The Labute approximate surface area is 156 Å². The molecule has 0 aliphatic carbocycles. The molecule has 0 radical (unpaired) electrons. The van der Waals surface area contributed by atoms with E-state index in [1.54, 1.807) is 31.2 Å². The van der Waals surface area contributed by atoms with E-state index in [0.717, 1.165) is 5.56 Å². The Morgan fingerprint density at radius 1 is 1.24 bits per heavy atom. The summed E-state index contributed by atoms with van der Waals surface area (Å²) in [6.07, 6.45) is 1.46. The van der Waals surface area contributed by atoms with E-state index in [2.05, 4.69) is 5.32 Å². The van der Waals surface area contributed by atoms with Crippen LogP contribution in [0.4, 0.5) is 0 Å². The highest BCUT2D eigenvalue weighted by molar-refractivity contribution is 6.31. The number of ether oxygens (including phenoxy) is 1. The Morgan fingerprint density at radius 2 is 2.00 bits per heavy atom. The number of nitriles is 1. The minimum Gasteiger partial charge on any atom is -0.488 e. The summed E-state index contributed by atoms with van der Waals surface area (Å²) in [4.78, 5) is 11.9. The fourth-order valence-corrected chi connectivity index (χ4v) is 2.50. The van der Waals surface area contributed by atoms with Crippen molar-refractivity contribution in [2.75, 3.05) is 6.54 Å². The van der Waals surface area contributed by atoms with E-state index in [1.165, 1.54) is 6.08 Å². The van der Waals surface area contributed by atoms with Gasteiger partial charge in [0.25, 0.3) is 5.91 Å². The monoisotopic (exact) mass is 374 g/mol. The number of hydrogen-bond donors (Lipinski definition) is 1. The van der Waals surface area contributed by atoms with Gasteiger partial charge in [-0.1, -0.05) is 35.3 Å². The molecule has 0 fully saturated rings. The van der Waals surface area contributed by atoms with Gasteiger partial charge in [0.1, 0.15) is 24.0 Å². The second-order valence-electron chi connectivity index (χ2n) is 5.13. The normalized spacial score (nSPS) is 10.9. The van der Waals surface area contributed by atoms with Gasteiger partial charge in [-0.3, -0.25) is 4.79 Å². The summed E-state index contributed by atoms with van der Waals surface area (Å²) in [5.74, 6) is 0.0761. The fraction of sp³-hybridized carbons (Fsp3) is 0.158. The highest BCUT2D eigenvalue weighted by atomic mass is 35.5. The predicted octanol–water partition coefficient (Wildman–Crippen LogP) is 4.62.